The van der Waals surface area contributed by atoms with E-state index < -0.39 is 15.4 Å². The summed E-state index contributed by atoms with van der Waals surface area (Å²) in [5, 5.41) is 5.83. The molecule has 2 aromatic carbocycles. The maximum absolute atomic E-state index is 12.6. The number of anilines is 2. The minimum Gasteiger partial charge on any atom is -0.355 e. The number of hydrogen-bond acceptors (Lipinski definition) is 4. The topological polar surface area (TPSA) is 104 Å². The Morgan fingerprint density at radius 3 is 2.28 bits per heavy atom. The fourth-order valence-corrected chi connectivity index (χ4v) is 3.48. The Bertz CT molecular complexity index is 984. The van der Waals surface area contributed by atoms with Crippen molar-refractivity contribution < 1.29 is 18.0 Å². The molecule has 2 amide bonds. The zero-order chi connectivity index (χ0) is 21.7. The zero-order valence-corrected chi connectivity index (χ0v) is 18.0. The van der Waals surface area contributed by atoms with Crippen molar-refractivity contribution in [3.8, 4) is 0 Å². The maximum atomic E-state index is 12.6. The molecule has 0 spiro atoms. The lowest BCUT2D eigenvalue weighted by Gasteiger charge is -2.17. The van der Waals surface area contributed by atoms with Gasteiger partial charge in [0, 0.05) is 34.8 Å². The van der Waals surface area contributed by atoms with Crippen molar-refractivity contribution in [2.24, 2.45) is 5.41 Å². The fraction of sp³-hybridized carbons (Fsp3) is 0.300. The van der Waals surface area contributed by atoms with Crippen LogP contribution < -0.4 is 15.4 Å². The second kappa shape index (κ2) is 9.28. The fourth-order valence-electron chi connectivity index (χ4n) is 2.25. The second-order valence-electron chi connectivity index (χ2n) is 7.44. The first-order chi connectivity index (χ1) is 13.5. The third kappa shape index (κ3) is 7.07. The Labute approximate surface area is 175 Å². The van der Waals surface area contributed by atoms with Crippen molar-refractivity contribution in [1.29, 1.82) is 0 Å². The molecule has 0 bridgehead atoms. The van der Waals surface area contributed by atoms with Gasteiger partial charge in [0.2, 0.25) is 11.8 Å². The average molecular weight is 438 g/mol. The molecule has 0 fully saturated rings. The Morgan fingerprint density at radius 1 is 1.00 bits per heavy atom. The Hall–Kier alpha value is -2.58. The van der Waals surface area contributed by atoms with Crippen molar-refractivity contribution in [3.05, 3.63) is 53.6 Å². The Kier molecular flexibility index (Phi) is 7.26. The number of carbonyl (C=O) groups excluding carboxylic acids is 2. The largest absolute Gasteiger partial charge is 0.355 e. The summed E-state index contributed by atoms with van der Waals surface area (Å²) < 4.78 is 27.6. The zero-order valence-electron chi connectivity index (χ0n) is 16.5. The molecule has 156 valence electrons. The Morgan fingerprint density at radius 2 is 1.66 bits per heavy atom. The normalized spacial score (nSPS) is 11.6. The summed E-state index contributed by atoms with van der Waals surface area (Å²) >= 11 is 5.80. The molecule has 0 aliphatic carbocycles. The first kappa shape index (κ1) is 22.7. The molecule has 0 radical (unpaired) electrons. The molecule has 0 aliphatic rings. The van der Waals surface area contributed by atoms with E-state index in [0.717, 1.165) is 0 Å². The molecule has 7 nitrogen and oxygen atoms in total. The van der Waals surface area contributed by atoms with E-state index in [9.17, 15) is 18.0 Å². The summed E-state index contributed by atoms with van der Waals surface area (Å²) in [5.74, 6) is -0.480. The van der Waals surface area contributed by atoms with Gasteiger partial charge in [-0.15, -0.1) is 0 Å². The van der Waals surface area contributed by atoms with Crippen molar-refractivity contribution in [2.75, 3.05) is 16.6 Å². The number of sulfonamides is 1. The molecule has 0 saturated heterocycles. The highest BCUT2D eigenvalue weighted by molar-refractivity contribution is 7.92. The average Bonchev–Trinajstić information content (AvgIpc) is 2.63. The van der Waals surface area contributed by atoms with Gasteiger partial charge in [-0.3, -0.25) is 14.3 Å². The second-order valence-corrected chi connectivity index (χ2v) is 9.56. The van der Waals surface area contributed by atoms with E-state index in [1.807, 2.05) is 0 Å². The predicted molar refractivity (Wildman–Crippen MR) is 114 cm³/mol. The van der Waals surface area contributed by atoms with Gasteiger partial charge in [0.25, 0.3) is 10.0 Å². The molecule has 0 aliphatic heterocycles. The Balaban J connectivity index is 1.98. The predicted octanol–water partition coefficient (Wildman–Crippen LogP) is 3.63. The van der Waals surface area contributed by atoms with Crippen LogP contribution in [0.2, 0.25) is 5.02 Å². The summed E-state index contributed by atoms with van der Waals surface area (Å²) in [7, 11) is -3.83. The number of hydrogen-bond donors (Lipinski definition) is 3. The van der Waals surface area contributed by atoms with Crippen LogP contribution in [0.5, 0.6) is 0 Å². The highest BCUT2D eigenvalue weighted by atomic mass is 35.5. The van der Waals surface area contributed by atoms with Crippen LogP contribution in [0.15, 0.2) is 53.4 Å². The van der Waals surface area contributed by atoms with Gasteiger partial charge in [0.1, 0.15) is 0 Å². The molecule has 0 heterocycles. The first-order valence-electron chi connectivity index (χ1n) is 8.94. The summed E-state index contributed by atoms with van der Waals surface area (Å²) in [6, 6.07) is 12.2. The van der Waals surface area contributed by atoms with Gasteiger partial charge in [-0.05, 0) is 42.5 Å². The monoisotopic (exact) mass is 437 g/mol. The van der Waals surface area contributed by atoms with Crippen molar-refractivity contribution in [2.45, 2.75) is 32.1 Å². The highest BCUT2D eigenvalue weighted by Gasteiger charge is 2.20. The van der Waals surface area contributed by atoms with Crippen LogP contribution in [0, 0.1) is 5.41 Å². The van der Waals surface area contributed by atoms with Crippen molar-refractivity contribution in [3.63, 3.8) is 0 Å². The van der Waals surface area contributed by atoms with Crippen LogP contribution in [0.4, 0.5) is 11.4 Å². The van der Waals surface area contributed by atoms with E-state index in [-0.39, 0.29) is 29.7 Å². The minimum atomic E-state index is -3.83. The van der Waals surface area contributed by atoms with E-state index in [2.05, 4.69) is 15.4 Å². The molecule has 2 aromatic rings. The van der Waals surface area contributed by atoms with E-state index in [1.54, 1.807) is 51.1 Å². The number of amides is 2. The molecular formula is C20H24ClN3O4S. The lowest BCUT2D eigenvalue weighted by atomic mass is 9.96. The SMILES string of the molecule is CC(C)(C)C(=O)NCCC(=O)Nc1cccc(S(=O)(=O)Nc2ccc(Cl)cc2)c1. The molecule has 0 unspecified atom stereocenters. The lowest BCUT2D eigenvalue weighted by molar-refractivity contribution is -0.128. The number of benzene rings is 2. The summed E-state index contributed by atoms with van der Waals surface area (Å²) in [4.78, 5) is 23.9. The van der Waals surface area contributed by atoms with Crippen LogP contribution in [-0.2, 0) is 19.6 Å². The number of carbonyl (C=O) groups is 2. The van der Waals surface area contributed by atoms with Crippen LogP contribution in [-0.4, -0.2) is 26.8 Å². The van der Waals surface area contributed by atoms with Gasteiger partial charge in [-0.25, -0.2) is 8.42 Å². The van der Waals surface area contributed by atoms with E-state index >= 15 is 0 Å². The van der Waals surface area contributed by atoms with Gasteiger partial charge in [-0.2, -0.15) is 0 Å². The quantitative estimate of drug-likeness (QED) is 0.615. The number of rotatable bonds is 7. The smallest absolute Gasteiger partial charge is 0.261 e. The molecule has 9 heteroatoms. The van der Waals surface area contributed by atoms with Crippen molar-refractivity contribution >= 4 is 44.8 Å². The molecule has 3 N–H and O–H groups in total. The van der Waals surface area contributed by atoms with Crippen LogP contribution in [0.3, 0.4) is 0 Å². The summed E-state index contributed by atoms with van der Waals surface area (Å²) in [6.07, 6.45) is 0.0713. The summed E-state index contributed by atoms with van der Waals surface area (Å²) in [6.45, 7) is 5.54. The minimum absolute atomic E-state index is 0.00582. The van der Waals surface area contributed by atoms with Gasteiger partial charge in [-0.1, -0.05) is 38.4 Å². The van der Waals surface area contributed by atoms with Crippen molar-refractivity contribution in [1.82, 2.24) is 5.32 Å². The number of halogens is 1. The van der Waals surface area contributed by atoms with Gasteiger partial charge in [0.15, 0.2) is 0 Å². The van der Waals surface area contributed by atoms with Gasteiger partial charge in [0.05, 0.1) is 4.90 Å². The third-order valence-electron chi connectivity index (χ3n) is 3.84. The van der Waals surface area contributed by atoms with Crippen LogP contribution in [0.25, 0.3) is 0 Å². The number of nitrogens with one attached hydrogen (secondary N) is 3. The molecule has 0 saturated carbocycles. The van der Waals surface area contributed by atoms with E-state index in [0.29, 0.717) is 16.4 Å². The molecule has 0 atom stereocenters. The first-order valence-corrected chi connectivity index (χ1v) is 10.8. The lowest BCUT2D eigenvalue weighted by Crippen LogP contribution is -2.36. The molecule has 0 aromatic heterocycles. The molecule has 2 rings (SSSR count). The highest BCUT2D eigenvalue weighted by Crippen LogP contribution is 2.21. The van der Waals surface area contributed by atoms with E-state index in [1.165, 1.54) is 18.2 Å². The van der Waals surface area contributed by atoms with Gasteiger partial charge >= 0.3 is 0 Å². The van der Waals surface area contributed by atoms with Crippen LogP contribution in [0.1, 0.15) is 27.2 Å². The maximum Gasteiger partial charge on any atom is 0.261 e. The molecule has 29 heavy (non-hydrogen) atoms. The van der Waals surface area contributed by atoms with E-state index in [4.69, 9.17) is 11.6 Å². The molecular weight excluding hydrogens is 414 g/mol. The third-order valence-corrected chi connectivity index (χ3v) is 5.47. The van der Waals surface area contributed by atoms with Crippen LogP contribution >= 0.6 is 11.6 Å². The standard InChI is InChI=1S/C20H24ClN3O4S/c1-20(2,3)19(26)22-12-11-18(25)23-16-5-4-6-17(13-16)29(27,28)24-15-9-7-14(21)8-10-15/h4-10,13,24H,11-12H2,1-3H3,(H,22,26)(H,23,25). The van der Waals surface area contributed by atoms with Gasteiger partial charge < -0.3 is 10.6 Å². The summed E-state index contributed by atoms with van der Waals surface area (Å²) in [5.41, 5.74) is 0.186.